The molecule has 1 amide bonds. The average Bonchev–Trinajstić information content (AvgIpc) is 2.87. The van der Waals surface area contributed by atoms with Crippen molar-refractivity contribution in [3.63, 3.8) is 0 Å². The van der Waals surface area contributed by atoms with Crippen molar-refractivity contribution in [2.24, 2.45) is 0 Å². The van der Waals surface area contributed by atoms with Crippen LogP contribution < -0.4 is 23.8 Å². The Kier molecular flexibility index (Phi) is 9.44. The van der Waals surface area contributed by atoms with Gasteiger partial charge in [0, 0.05) is 11.6 Å². The summed E-state index contributed by atoms with van der Waals surface area (Å²) in [6.07, 6.45) is 0. The molecule has 0 fully saturated rings. The summed E-state index contributed by atoms with van der Waals surface area (Å²) >= 11 is 6.12. The minimum Gasteiger partial charge on any atom is -0.497 e. The second-order valence-corrected chi connectivity index (χ2v) is 9.89. The van der Waals surface area contributed by atoms with Crippen molar-refractivity contribution in [1.29, 1.82) is 0 Å². The van der Waals surface area contributed by atoms with Gasteiger partial charge in [-0.25, -0.2) is 8.42 Å². The third-order valence-electron chi connectivity index (χ3n) is 5.13. The van der Waals surface area contributed by atoms with Gasteiger partial charge in [-0.1, -0.05) is 23.7 Å². The molecule has 0 aliphatic rings. The highest BCUT2D eigenvalue weighted by atomic mass is 35.5. The van der Waals surface area contributed by atoms with Crippen LogP contribution in [0.3, 0.4) is 0 Å². The smallest absolute Gasteiger partial charge is 0.264 e. The Hall–Kier alpha value is -3.43. The number of nitrogens with zero attached hydrogens (tertiary/aromatic N) is 1. The minimum atomic E-state index is -4.08. The standard InChI is InChI=1S/C26H29ClN2O6S/c1-4-34-24-14-9-19(15-25(24)35-5-2)17-28-26(30)18-29(21-8-6-7-20(27)16-21)36(31,32)23-12-10-22(33-3)11-13-23/h6-16H,4-5,17-18H2,1-3H3,(H,28,30). The number of nitrogens with one attached hydrogen (secondary N) is 1. The maximum absolute atomic E-state index is 13.5. The molecule has 3 aromatic rings. The van der Waals surface area contributed by atoms with E-state index >= 15 is 0 Å². The van der Waals surface area contributed by atoms with E-state index in [1.165, 1.54) is 25.3 Å². The molecule has 0 aliphatic carbocycles. The normalized spacial score (nSPS) is 11.0. The number of benzene rings is 3. The number of rotatable bonds is 12. The van der Waals surface area contributed by atoms with Gasteiger partial charge >= 0.3 is 0 Å². The molecule has 3 rings (SSSR count). The summed E-state index contributed by atoms with van der Waals surface area (Å²) in [5.74, 6) is 1.22. The molecule has 3 aromatic carbocycles. The third kappa shape index (κ3) is 6.83. The largest absolute Gasteiger partial charge is 0.497 e. The van der Waals surface area contributed by atoms with Crippen LogP contribution in [0.25, 0.3) is 0 Å². The van der Waals surface area contributed by atoms with E-state index in [4.69, 9.17) is 25.8 Å². The highest BCUT2D eigenvalue weighted by Crippen LogP contribution is 2.29. The van der Waals surface area contributed by atoms with Gasteiger partial charge in [-0.3, -0.25) is 9.10 Å². The van der Waals surface area contributed by atoms with Crippen molar-refractivity contribution in [1.82, 2.24) is 5.32 Å². The lowest BCUT2D eigenvalue weighted by Gasteiger charge is -2.24. The van der Waals surface area contributed by atoms with E-state index in [-0.39, 0.29) is 17.1 Å². The molecule has 36 heavy (non-hydrogen) atoms. The summed E-state index contributed by atoms with van der Waals surface area (Å²) in [4.78, 5) is 12.9. The molecule has 0 aromatic heterocycles. The summed E-state index contributed by atoms with van der Waals surface area (Å²) in [5, 5.41) is 3.13. The number of halogens is 1. The van der Waals surface area contributed by atoms with Crippen molar-refractivity contribution in [2.75, 3.05) is 31.2 Å². The molecule has 192 valence electrons. The van der Waals surface area contributed by atoms with Crippen molar-refractivity contribution < 1.29 is 27.4 Å². The lowest BCUT2D eigenvalue weighted by atomic mass is 10.2. The van der Waals surface area contributed by atoms with E-state index in [9.17, 15) is 13.2 Å². The first kappa shape index (κ1) is 27.2. The molecule has 10 heteroatoms. The van der Waals surface area contributed by atoms with Crippen molar-refractivity contribution in [2.45, 2.75) is 25.3 Å². The van der Waals surface area contributed by atoms with Gasteiger partial charge in [0.25, 0.3) is 10.0 Å². The molecule has 0 heterocycles. The molecule has 0 bridgehead atoms. The van der Waals surface area contributed by atoms with Crippen LogP contribution in [0.2, 0.25) is 5.02 Å². The SMILES string of the molecule is CCOc1ccc(CNC(=O)CN(c2cccc(Cl)c2)S(=O)(=O)c2ccc(OC)cc2)cc1OCC. The quantitative estimate of drug-likeness (QED) is 0.365. The summed E-state index contributed by atoms with van der Waals surface area (Å²) < 4.78 is 44.4. The summed E-state index contributed by atoms with van der Waals surface area (Å²) in [6.45, 7) is 4.46. The van der Waals surface area contributed by atoms with E-state index in [0.29, 0.717) is 35.5 Å². The molecular formula is C26H29ClN2O6S. The fourth-order valence-corrected chi connectivity index (χ4v) is 5.01. The molecule has 0 atom stereocenters. The number of sulfonamides is 1. The minimum absolute atomic E-state index is 0.0175. The van der Waals surface area contributed by atoms with Crippen molar-refractivity contribution in [3.05, 3.63) is 77.3 Å². The maximum Gasteiger partial charge on any atom is 0.264 e. The molecule has 0 spiro atoms. The van der Waals surface area contributed by atoms with Gasteiger partial charge in [0.05, 0.1) is 30.9 Å². The third-order valence-corrected chi connectivity index (χ3v) is 7.15. The highest BCUT2D eigenvalue weighted by Gasteiger charge is 2.27. The van der Waals surface area contributed by atoms with Crippen LogP contribution in [0, 0.1) is 0 Å². The number of carbonyl (C=O) groups excluding carboxylic acids is 1. The predicted molar refractivity (Wildman–Crippen MR) is 140 cm³/mol. The second kappa shape index (κ2) is 12.5. The van der Waals surface area contributed by atoms with E-state index in [2.05, 4.69) is 5.32 Å². The van der Waals surface area contributed by atoms with Gasteiger partial charge < -0.3 is 19.5 Å². The Morgan fingerprint density at radius 3 is 2.28 bits per heavy atom. The Morgan fingerprint density at radius 2 is 1.64 bits per heavy atom. The molecule has 0 saturated heterocycles. The van der Waals surface area contributed by atoms with E-state index in [0.717, 1.165) is 9.87 Å². The van der Waals surface area contributed by atoms with Gasteiger partial charge in [-0.15, -0.1) is 0 Å². The lowest BCUT2D eigenvalue weighted by Crippen LogP contribution is -2.40. The zero-order valence-electron chi connectivity index (χ0n) is 20.4. The first-order chi connectivity index (χ1) is 17.3. The van der Waals surface area contributed by atoms with Gasteiger partial charge in [-0.2, -0.15) is 0 Å². The number of hydrogen-bond donors (Lipinski definition) is 1. The zero-order chi connectivity index (χ0) is 26.1. The van der Waals surface area contributed by atoms with Crippen LogP contribution in [0.5, 0.6) is 17.2 Å². The fourth-order valence-electron chi connectivity index (χ4n) is 3.41. The number of carbonyl (C=O) groups is 1. The number of anilines is 1. The summed E-state index contributed by atoms with van der Waals surface area (Å²) in [7, 11) is -2.58. The summed E-state index contributed by atoms with van der Waals surface area (Å²) in [6, 6.07) is 17.7. The number of amides is 1. The Morgan fingerprint density at radius 1 is 0.944 bits per heavy atom. The number of methoxy groups -OCH3 is 1. The summed E-state index contributed by atoms with van der Waals surface area (Å²) in [5.41, 5.74) is 1.05. The Labute approximate surface area is 216 Å². The number of hydrogen-bond acceptors (Lipinski definition) is 6. The van der Waals surface area contributed by atoms with Gasteiger partial charge in [-0.05, 0) is 74.0 Å². The van der Waals surface area contributed by atoms with Crippen molar-refractivity contribution in [3.8, 4) is 17.2 Å². The molecule has 0 unspecified atom stereocenters. The Bertz CT molecular complexity index is 1280. The first-order valence-electron chi connectivity index (χ1n) is 11.4. The van der Waals surface area contributed by atoms with Crippen LogP contribution in [-0.4, -0.2) is 41.2 Å². The molecule has 8 nitrogen and oxygen atoms in total. The zero-order valence-corrected chi connectivity index (χ0v) is 21.9. The van der Waals surface area contributed by atoms with Crippen LogP contribution in [0.4, 0.5) is 5.69 Å². The Balaban J connectivity index is 1.81. The van der Waals surface area contributed by atoms with E-state index < -0.39 is 22.5 Å². The van der Waals surface area contributed by atoms with Gasteiger partial charge in [0.15, 0.2) is 11.5 Å². The topological polar surface area (TPSA) is 94.2 Å². The lowest BCUT2D eigenvalue weighted by molar-refractivity contribution is -0.119. The monoisotopic (exact) mass is 532 g/mol. The van der Waals surface area contributed by atoms with Gasteiger partial charge in [0.1, 0.15) is 12.3 Å². The number of ether oxygens (including phenoxy) is 3. The fraction of sp³-hybridized carbons (Fsp3) is 0.269. The van der Waals surface area contributed by atoms with Gasteiger partial charge in [0.2, 0.25) is 5.91 Å². The van der Waals surface area contributed by atoms with Crippen molar-refractivity contribution >= 4 is 33.2 Å². The first-order valence-corrected chi connectivity index (χ1v) is 13.2. The van der Waals surface area contributed by atoms with Crippen LogP contribution >= 0.6 is 11.6 Å². The maximum atomic E-state index is 13.5. The highest BCUT2D eigenvalue weighted by molar-refractivity contribution is 7.92. The predicted octanol–water partition coefficient (Wildman–Crippen LogP) is 4.66. The van der Waals surface area contributed by atoms with Crippen LogP contribution in [-0.2, 0) is 21.4 Å². The molecule has 0 saturated carbocycles. The molecule has 1 N–H and O–H groups in total. The molecule has 0 aliphatic heterocycles. The van der Waals surface area contributed by atoms with Crippen LogP contribution in [0.15, 0.2) is 71.6 Å². The average molecular weight is 533 g/mol. The van der Waals surface area contributed by atoms with Crippen LogP contribution in [0.1, 0.15) is 19.4 Å². The van der Waals surface area contributed by atoms with E-state index in [1.54, 1.807) is 42.5 Å². The molecule has 0 radical (unpaired) electrons. The van der Waals surface area contributed by atoms with E-state index in [1.807, 2.05) is 19.9 Å². The molecular weight excluding hydrogens is 504 g/mol. The second-order valence-electron chi connectivity index (χ2n) is 7.59.